The topological polar surface area (TPSA) is 16.4 Å². The molecule has 0 saturated heterocycles. The Labute approximate surface area is 331 Å². The minimum atomic E-state index is -0.589. The molecule has 0 bridgehead atoms. The van der Waals surface area contributed by atoms with E-state index in [4.69, 9.17) is 4.42 Å². The van der Waals surface area contributed by atoms with Crippen LogP contribution in [0.1, 0.15) is 22.3 Å². The van der Waals surface area contributed by atoms with Gasteiger partial charge in [-0.15, -0.1) is 0 Å². The number of furan rings is 1. The highest BCUT2D eigenvalue weighted by Gasteiger charge is 2.54. The molecule has 1 heterocycles. The average molecular weight is 726 g/mol. The lowest BCUT2D eigenvalue weighted by Gasteiger charge is -2.36. The Balaban J connectivity index is 1.15. The molecule has 0 radical (unpaired) electrons. The molecule has 0 amide bonds. The van der Waals surface area contributed by atoms with E-state index in [0.29, 0.717) is 0 Å². The summed E-state index contributed by atoms with van der Waals surface area (Å²) < 4.78 is 6.83. The Morgan fingerprint density at radius 3 is 1.54 bits per heavy atom. The number of benzene rings is 9. The van der Waals surface area contributed by atoms with Gasteiger partial charge in [0.05, 0.1) is 11.1 Å². The summed E-state index contributed by atoms with van der Waals surface area (Å²) in [5, 5.41) is 2.29. The van der Waals surface area contributed by atoms with Crippen LogP contribution in [0, 0.1) is 0 Å². The summed E-state index contributed by atoms with van der Waals surface area (Å²) in [5.41, 5.74) is 19.4. The van der Waals surface area contributed by atoms with Gasteiger partial charge in [-0.3, -0.25) is 0 Å². The van der Waals surface area contributed by atoms with Crippen LogP contribution in [-0.2, 0) is 5.41 Å². The summed E-state index contributed by atoms with van der Waals surface area (Å²) in [5.74, 6) is 0. The normalized spacial score (nSPS) is 14.7. The lowest BCUT2D eigenvalue weighted by molar-refractivity contribution is 0.669. The van der Waals surface area contributed by atoms with E-state index < -0.39 is 5.41 Å². The minimum Gasteiger partial charge on any atom is -0.455 e. The molecule has 0 fully saturated rings. The van der Waals surface area contributed by atoms with Crippen molar-refractivity contribution in [3.63, 3.8) is 0 Å². The highest BCUT2D eigenvalue weighted by atomic mass is 16.3. The Bertz CT molecular complexity index is 3080. The first-order chi connectivity index (χ1) is 28.3. The predicted octanol–water partition coefficient (Wildman–Crippen LogP) is 14.7. The van der Waals surface area contributed by atoms with Gasteiger partial charge in [-0.05, 0) is 92.0 Å². The smallest absolute Gasteiger partial charge is 0.143 e. The van der Waals surface area contributed by atoms with Gasteiger partial charge in [0.1, 0.15) is 11.2 Å². The molecule has 2 aliphatic carbocycles. The van der Waals surface area contributed by atoms with Crippen LogP contribution in [-0.4, -0.2) is 0 Å². The molecule has 266 valence electrons. The minimum absolute atomic E-state index is 0.589. The molecular formula is C55H35NO. The fraction of sp³-hybridized carbons (Fsp3) is 0.0182. The van der Waals surface area contributed by atoms with Crippen molar-refractivity contribution in [3.8, 4) is 44.5 Å². The van der Waals surface area contributed by atoms with Crippen LogP contribution in [0.2, 0.25) is 0 Å². The zero-order chi connectivity index (χ0) is 37.5. The maximum Gasteiger partial charge on any atom is 0.143 e. The van der Waals surface area contributed by atoms with Crippen molar-refractivity contribution in [2.24, 2.45) is 0 Å². The van der Waals surface area contributed by atoms with E-state index in [-0.39, 0.29) is 0 Å². The van der Waals surface area contributed by atoms with E-state index in [1.807, 2.05) is 0 Å². The first-order valence-electron chi connectivity index (χ1n) is 19.7. The van der Waals surface area contributed by atoms with Crippen LogP contribution in [0.3, 0.4) is 0 Å². The van der Waals surface area contributed by atoms with Gasteiger partial charge in [-0.25, -0.2) is 0 Å². The van der Waals surface area contributed by atoms with Crippen molar-refractivity contribution in [1.82, 2.24) is 0 Å². The highest BCUT2D eigenvalue weighted by molar-refractivity contribution is 6.13. The molecule has 1 atom stereocenters. The summed E-state index contributed by atoms with van der Waals surface area (Å²) in [4.78, 5) is 2.47. The summed E-state index contributed by atoms with van der Waals surface area (Å²) in [6.45, 7) is 0. The van der Waals surface area contributed by atoms with Crippen LogP contribution in [0.25, 0.3) is 66.4 Å². The van der Waals surface area contributed by atoms with Crippen molar-refractivity contribution in [2.75, 3.05) is 4.90 Å². The molecule has 10 aromatic rings. The monoisotopic (exact) mass is 725 g/mol. The molecular weight excluding hydrogens is 691 g/mol. The van der Waals surface area contributed by atoms with Gasteiger partial charge in [-0.1, -0.05) is 176 Å². The second kappa shape index (κ2) is 12.3. The lowest BCUT2D eigenvalue weighted by Crippen LogP contribution is -2.28. The van der Waals surface area contributed by atoms with Gasteiger partial charge in [0.15, 0.2) is 0 Å². The molecule has 12 rings (SSSR count). The van der Waals surface area contributed by atoms with Gasteiger partial charge in [-0.2, -0.15) is 0 Å². The van der Waals surface area contributed by atoms with E-state index in [2.05, 4.69) is 217 Å². The predicted molar refractivity (Wildman–Crippen MR) is 236 cm³/mol. The van der Waals surface area contributed by atoms with Crippen molar-refractivity contribution in [1.29, 1.82) is 0 Å². The second-order valence-corrected chi connectivity index (χ2v) is 15.2. The third-order valence-corrected chi connectivity index (χ3v) is 12.3. The van der Waals surface area contributed by atoms with E-state index in [1.165, 1.54) is 66.8 Å². The molecule has 1 spiro atoms. The third-order valence-electron chi connectivity index (χ3n) is 12.3. The Kier molecular flexibility index (Phi) is 6.88. The van der Waals surface area contributed by atoms with Gasteiger partial charge < -0.3 is 9.32 Å². The molecule has 9 aromatic carbocycles. The molecule has 1 unspecified atom stereocenters. The van der Waals surface area contributed by atoms with Crippen LogP contribution in [0.4, 0.5) is 17.1 Å². The van der Waals surface area contributed by atoms with Gasteiger partial charge in [0, 0.05) is 33.3 Å². The molecule has 1 aromatic heterocycles. The Morgan fingerprint density at radius 1 is 0.351 bits per heavy atom. The third kappa shape index (κ3) is 4.53. The second-order valence-electron chi connectivity index (χ2n) is 15.2. The molecule has 2 heteroatoms. The van der Waals surface area contributed by atoms with Crippen LogP contribution >= 0.6 is 0 Å². The van der Waals surface area contributed by atoms with Gasteiger partial charge >= 0.3 is 0 Å². The largest absolute Gasteiger partial charge is 0.455 e. The fourth-order valence-electron chi connectivity index (χ4n) is 9.92. The van der Waals surface area contributed by atoms with E-state index in [0.717, 1.165) is 39.0 Å². The molecule has 0 aliphatic heterocycles. The van der Waals surface area contributed by atoms with Crippen molar-refractivity contribution >= 4 is 39.0 Å². The standard InChI is InChI=1S/C55H35NO/c1-3-14-36(15-4-1)38-26-30-40(31-27-38)56(41-32-28-39(29-33-41)37-16-5-2-6-17-37)50-24-13-21-44-42-18-7-10-22-47(42)55(53(44)50)48-23-11-8-20-46(48)52-49(55)35-34-45-43-19-9-12-25-51(43)57-54(45)52/h1-35H. The number of rotatable bonds is 5. The molecule has 0 N–H and O–H groups in total. The maximum absolute atomic E-state index is 6.83. The zero-order valence-corrected chi connectivity index (χ0v) is 31.1. The molecule has 0 saturated carbocycles. The van der Waals surface area contributed by atoms with Crippen LogP contribution in [0.15, 0.2) is 217 Å². The van der Waals surface area contributed by atoms with E-state index >= 15 is 0 Å². The number of hydrogen-bond acceptors (Lipinski definition) is 2. The maximum atomic E-state index is 6.83. The summed E-state index contributed by atoms with van der Waals surface area (Å²) >= 11 is 0. The Morgan fingerprint density at radius 2 is 0.877 bits per heavy atom. The van der Waals surface area contributed by atoms with Crippen LogP contribution < -0.4 is 4.90 Å². The number of nitrogens with zero attached hydrogens (tertiary/aromatic N) is 1. The molecule has 2 nitrogen and oxygen atoms in total. The number of fused-ring (bicyclic) bond motifs is 14. The van der Waals surface area contributed by atoms with Gasteiger partial charge in [0.2, 0.25) is 0 Å². The molecule has 57 heavy (non-hydrogen) atoms. The first-order valence-corrected chi connectivity index (χ1v) is 19.7. The summed E-state index contributed by atoms with van der Waals surface area (Å²) in [6.07, 6.45) is 0. The fourth-order valence-corrected chi connectivity index (χ4v) is 9.92. The number of para-hydroxylation sites is 1. The number of anilines is 3. The summed E-state index contributed by atoms with van der Waals surface area (Å²) in [7, 11) is 0. The highest BCUT2D eigenvalue weighted by Crippen LogP contribution is 2.66. The zero-order valence-electron chi connectivity index (χ0n) is 31.1. The Hall–Kier alpha value is -7.42. The number of hydrogen-bond donors (Lipinski definition) is 0. The van der Waals surface area contributed by atoms with Crippen molar-refractivity contribution in [3.05, 3.63) is 235 Å². The summed E-state index contributed by atoms with van der Waals surface area (Å²) in [6, 6.07) is 77.4. The van der Waals surface area contributed by atoms with Crippen LogP contribution in [0.5, 0.6) is 0 Å². The van der Waals surface area contributed by atoms with Gasteiger partial charge in [0.25, 0.3) is 0 Å². The SMILES string of the molecule is c1ccc(-c2ccc(N(c3ccc(-c4ccccc4)cc3)c3cccc4c3C3(c5ccccc5-4)c4ccccc4-c4c3ccc3c4oc4ccccc43)cc2)cc1. The molecule has 2 aliphatic rings. The van der Waals surface area contributed by atoms with E-state index in [9.17, 15) is 0 Å². The average Bonchev–Trinajstić information content (AvgIpc) is 3.92. The first kappa shape index (κ1) is 31.9. The van der Waals surface area contributed by atoms with E-state index in [1.54, 1.807) is 0 Å². The quantitative estimate of drug-likeness (QED) is 0.176. The van der Waals surface area contributed by atoms with Crippen molar-refractivity contribution in [2.45, 2.75) is 5.41 Å². The lowest BCUT2D eigenvalue weighted by atomic mass is 9.70. The van der Waals surface area contributed by atoms with Crippen molar-refractivity contribution < 1.29 is 4.42 Å².